The van der Waals surface area contributed by atoms with Gasteiger partial charge in [-0.25, -0.2) is 13.2 Å². The number of phenols is 1. The van der Waals surface area contributed by atoms with Gasteiger partial charge in [-0.15, -0.1) is 6.42 Å². The summed E-state index contributed by atoms with van der Waals surface area (Å²) in [6, 6.07) is 5.64. The number of aromatic nitrogens is 3. The number of nitrogens with zero attached hydrogens (tertiary/aromatic N) is 5. The maximum atomic E-state index is 16.9. The van der Waals surface area contributed by atoms with Crippen molar-refractivity contribution in [2.75, 3.05) is 51.4 Å². The van der Waals surface area contributed by atoms with E-state index < -0.39 is 11.6 Å². The number of phenolic OH excluding ortho intramolecular Hbond substituents is 1. The Labute approximate surface area is 275 Å². The molecule has 8 rings (SSSR count). The second-order valence-electron chi connectivity index (χ2n) is 13.6. The van der Waals surface area contributed by atoms with Crippen LogP contribution in [0.2, 0.25) is 0 Å². The van der Waals surface area contributed by atoms with Gasteiger partial charge in [0.15, 0.2) is 5.82 Å². The van der Waals surface area contributed by atoms with E-state index >= 15 is 4.39 Å². The van der Waals surface area contributed by atoms with Crippen LogP contribution in [-0.4, -0.2) is 88.6 Å². The van der Waals surface area contributed by atoms with Crippen molar-refractivity contribution in [3.63, 3.8) is 0 Å². The van der Waals surface area contributed by atoms with Gasteiger partial charge in [0.2, 0.25) is 0 Å². The molecule has 4 aliphatic rings. The lowest BCUT2D eigenvalue weighted by Crippen LogP contribution is -2.61. The fraction of sp³-hybridized carbons (Fsp3) is 0.417. The van der Waals surface area contributed by atoms with Crippen molar-refractivity contribution in [2.24, 2.45) is 0 Å². The van der Waals surface area contributed by atoms with E-state index in [0.717, 1.165) is 37.8 Å². The minimum absolute atomic E-state index is 0.00440. The molecule has 2 unspecified atom stereocenters. The molecule has 4 fully saturated rings. The van der Waals surface area contributed by atoms with Crippen molar-refractivity contribution in [1.82, 2.24) is 25.2 Å². The zero-order chi connectivity index (χ0) is 33.2. The Morgan fingerprint density at radius 2 is 2.08 bits per heavy atom. The number of ether oxygens (including phenoxy) is 2. The third-order valence-corrected chi connectivity index (χ3v) is 10.5. The second kappa shape index (κ2) is 11.6. The normalized spacial score (nSPS) is 26.1. The van der Waals surface area contributed by atoms with Gasteiger partial charge in [-0.1, -0.05) is 12.0 Å². The summed E-state index contributed by atoms with van der Waals surface area (Å²) in [7, 11) is 1.68. The smallest absolute Gasteiger partial charge is 0.319 e. The van der Waals surface area contributed by atoms with Crippen molar-refractivity contribution in [3.05, 3.63) is 59.6 Å². The summed E-state index contributed by atoms with van der Waals surface area (Å²) < 4.78 is 57.3. The molecule has 0 aliphatic carbocycles. The van der Waals surface area contributed by atoms with Gasteiger partial charge < -0.3 is 24.8 Å². The molecule has 12 heteroatoms. The molecule has 3 atom stereocenters. The molecule has 4 aliphatic heterocycles. The Hall–Kier alpha value is -4.44. The van der Waals surface area contributed by atoms with E-state index in [2.05, 4.69) is 31.0 Å². The number of anilines is 1. The number of pyridine rings is 1. The monoisotopic (exact) mass is 656 g/mol. The molecule has 0 saturated carbocycles. The topological polar surface area (TPSA) is 95.9 Å². The van der Waals surface area contributed by atoms with Crippen LogP contribution in [0.5, 0.6) is 11.8 Å². The number of fused-ring (bicyclic) bond motifs is 5. The summed E-state index contributed by atoms with van der Waals surface area (Å²) in [6.45, 7) is 3.31. The Balaban J connectivity index is 1.27. The maximum Gasteiger partial charge on any atom is 0.319 e. The van der Waals surface area contributed by atoms with Gasteiger partial charge in [-0.2, -0.15) is 9.97 Å². The molecule has 2 N–H and O–H groups in total. The number of methoxy groups -OCH3 is 1. The average molecular weight is 657 g/mol. The molecule has 2 aromatic heterocycles. The third-order valence-electron chi connectivity index (χ3n) is 10.5. The van der Waals surface area contributed by atoms with E-state index in [1.54, 1.807) is 7.11 Å². The predicted octanol–water partition coefficient (Wildman–Crippen LogP) is 5.24. The number of benzene rings is 2. The van der Waals surface area contributed by atoms with Gasteiger partial charge in [-0.05, 0) is 67.8 Å². The molecular weight excluding hydrogens is 621 g/mol. The summed E-state index contributed by atoms with van der Waals surface area (Å²) in [5.41, 5.74) is -0.0537. The first-order chi connectivity index (χ1) is 23.2. The Morgan fingerprint density at radius 3 is 2.90 bits per heavy atom. The minimum Gasteiger partial charge on any atom is -0.508 e. The zero-order valence-corrected chi connectivity index (χ0v) is 26.5. The molecule has 2 aromatic carbocycles. The molecule has 0 amide bonds. The number of hydrogen-bond acceptors (Lipinski definition) is 9. The van der Waals surface area contributed by atoms with Crippen LogP contribution in [-0.2, 0) is 4.74 Å². The van der Waals surface area contributed by atoms with E-state index in [1.165, 1.54) is 30.5 Å². The number of halogens is 3. The summed E-state index contributed by atoms with van der Waals surface area (Å²) in [6.07, 6.45) is 12.1. The lowest BCUT2D eigenvalue weighted by Gasteiger charge is -2.41. The van der Waals surface area contributed by atoms with Crippen molar-refractivity contribution < 1.29 is 27.8 Å². The summed E-state index contributed by atoms with van der Waals surface area (Å²) in [5.74, 6) is 1.28. The number of aromatic hydroxyl groups is 1. The van der Waals surface area contributed by atoms with Crippen LogP contribution in [0.3, 0.4) is 0 Å². The number of rotatable bonds is 7. The fourth-order valence-electron chi connectivity index (χ4n) is 8.50. The van der Waals surface area contributed by atoms with Crippen molar-refractivity contribution in [3.8, 4) is 35.4 Å². The van der Waals surface area contributed by atoms with Crippen LogP contribution in [0, 0.1) is 24.0 Å². The first-order valence-corrected chi connectivity index (χ1v) is 16.2. The largest absolute Gasteiger partial charge is 0.508 e. The molecule has 48 heavy (non-hydrogen) atoms. The quantitative estimate of drug-likeness (QED) is 0.259. The average Bonchev–Trinajstić information content (AvgIpc) is 3.73. The standard InChI is InChI=1S/C36H35F3N6O3/c1-3-25-28(38)6-5-22-11-24(46)12-26(29(22)25)31-30(39)32-27(15-40-31)33(44-17-23-7-9-35(18-44,43-23)19-47-2)42-34(41-32)48-20-36-8-4-10-45(36)16-21(13-36)14-37/h1,5-6,11-12,14-15,23,43,46H,4,7-10,13,16-20H2,2H3/b21-14+/t23?,35?,36-/m0/s1. The Kier molecular flexibility index (Phi) is 7.47. The van der Waals surface area contributed by atoms with E-state index in [-0.39, 0.29) is 63.2 Å². The number of terminal acetylenes is 1. The van der Waals surface area contributed by atoms with Gasteiger partial charge in [0.25, 0.3) is 0 Å². The molecule has 4 aromatic rings. The SMILES string of the molecule is C#Cc1c(F)ccc2cc(O)cc(-c3ncc4c(N5CC6CCC(COC)(C5)N6)nc(OC[C@@]56CCCN5C/C(=C/F)C6)nc4c3F)c12. The van der Waals surface area contributed by atoms with E-state index in [4.69, 9.17) is 20.9 Å². The highest BCUT2D eigenvalue weighted by Gasteiger charge is 2.48. The summed E-state index contributed by atoms with van der Waals surface area (Å²) >= 11 is 0. The summed E-state index contributed by atoms with van der Waals surface area (Å²) in [5, 5.41) is 15.4. The highest BCUT2D eigenvalue weighted by molar-refractivity contribution is 6.03. The van der Waals surface area contributed by atoms with Crippen molar-refractivity contribution in [2.45, 2.75) is 49.2 Å². The highest BCUT2D eigenvalue weighted by atomic mass is 19.1. The van der Waals surface area contributed by atoms with Gasteiger partial charge in [-0.3, -0.25) is 9.88 Å². The van der Waals surface area contributed by atoms with Crippen LogP contribution in [0.25, 0.3) is 32.9 Å². The van der Waals surface area contributed by atoms with Crippen LogP contribution < -0.4 is 15.0 Å². The first kappa shape index (κ1) is 30.9. The van der Waals surface area contributed by atoms with Crippen LogP contribution in [0.1, 0.15) is 37.7 Å². The van der Waals surface area contributed by atoms with Gasteiger partial charge >= 0.3 is 6.01 Å². The Morgan fingerprint density at radius 1 is 1.21 bits per heavy atom. The summed E-state index contributed by atoms with van der Waals surface area (Å²) in [4.78, 5) is 18.3. The predicted molar refractivity (Wildman–Crippen MR) is 176 cm³/mol. The molecular formula is C36H35F3N6O3. The molecule has 6 heterocycles. The van der Waals surface area contributed by atoms with Gasteiger partial charge in [0.1, 0.15) is 35.2 Å². The second-order valence-corrected chi connectivity index (χ2v) is 13.6. The van der Waals surface area contributed by atoms with Gasteiger partial charge in [0.05, 0.1) is 35.0 Å². The van der Waals surface area contributed by atoms with Crippen LogP contribution >= 0.6 is 0 Å². The molecule has 4 saturated heterocycles. The molecule has 2 bridgehead atoms. The lowest BCUT2D eigenvalue weighted by atomic mass is 9.94. The van der Waals surface area contributed by atoms with Crippen LogP contribution in [0.4, 0.5) is 19.0 Å². The molecule has 0 spiro atoms. The fourth-order valence-corrected chi connectivity index (χ4v) is 8.50. The zero-order valence-electron chi connectivity index (χ0n) is 26.5. The van der Waals surface area contributed by atoms with Gasteiger partial charge in [0, 0.05) is 49.9 Å². The molecule has 248 valence electrons. The van der Waals surface area contributed by atoms with Crippen LogP contribution in [0.15, 0.2) is 42.4 Å². The lowest BCUT2D eigenvalue weighted by molar-refractivity contribution is 0.107. The molecule has 9 nitrogen and oxygen atoms in total. The van der Waals surface area contributed by atoms with Crippen molar-refractivity contribution in [1.29, 1.82) is 0 Å². The third kappa shape index (κ3) is 4.95. The Bertz CT molecular complexity index is 2030. The number of piperazine rings is 1. The number of hydrogen-bond donors (Lipinski definition) is 2. The van der Waals surface area contributed by atoms with Crippen molar-refractivity contribution >= 4 is 27.5 Å². The first-order valence-electron chi connectivity index (χ1n) is 16.2. The van der Waals surface area contributed by atoms with E-state index in [1.807, 2.05) is 0 Å². The minimum atomic E-state index is -0.783. The highest BCUT2D eigenvalue weighted by Crippen LogP contribution is 2.43. The maximum absolute atomic E-state index is 16.9. The van der Waals surface area contributed by atoms with E-state index in [9.17, 15) is 13.9 Å². The number of nitrogens with one attached hydrogen (secondary N) is 1. The molecule has 0 radical (unpaired) electrons. The van der Waals surface area contributed by atoms with E-state index in [0.29, 0.717) is 55.6 Å².